The van der Waals surface area contributed by atoms with Gasteiger partial charge in [0.1, 0.15) is 11.5 Å². The predicted octanol–water partition coefficient (Wildman–Crippen LogP) is 5.32. The molecule has 1 aliphatic heterocycles. The number of amidine groups is 1. The molecule has 1 fully saturated rings. The Balaban J connectivity index is 1.96. The zero-order chi connectivity index (χ0) is 20.4. The van der Waals surface area contributed by atoms with E-state index in [1.54, 1.807) is 32.2 Å². The van der Waals surface area contributed by atoms with Crippen molar-refractivity contribution in [2.24, 2.45) is 4.99 Å². The summed E-state index contributed by atoms with van der Waals surface area (Å²) in [6, 6.07) is 9.67. The molecule has 0 radical (unpaired) electrons. The van der Waals surface area contributed by atoms with Crippen molar-refractivity contribution in [2.45, 2.75) is 13.8 Å². The summed E-state index contributed by atoms with van der Waals surface area (Å²) >= 11 is 4.83. The SMILES string of the molecule is COc1cc(OC)c(/C=C2/SC(=Nc3ccc(C)c(C)c3)N(C)C2=O)cc1Br. The van der Waals surface area contributed by atoms with Crippen molar-refractivity contribution in [3.63, 3.8) is 0 Å². The van der Waals surface area contributed by atoms with Crippen LogP contribution >= 0.6 is 27.7 Å². The molecule has 7 heteroatoms. The smallest absolute Gasteiger partial charge is 0.266 e. The molecule has 2 aromatic carbocycles. The van der Waals surface area contributed by atoms with Crippen molar-refractivity contribution < 1.29 is 14.3 Å². The third kappa shape index (κ3) is 4.10. The number of ether oxygens (including phenoxy) is 2. The summed E-state index contributed by atoms with van der Waals surface area (Å²) in [6.45, 7) is 4.11. The van der Waals surface area contributed by atoms with E-state index in [9.17, 15) is 4.79 Å². The number of likely N-dealkylation sites (N-methyl/N-ethyl adjacent to an activating group) is 1. The van der Waals surface area contributed by atoms with Crippen molar-refractivity contribution in [3.05, 3.63) is 56.4 Å². The van der Waals surface area contributed by atoms with Crippen LogP contribution in [0.3, 0.4) is 0 Å². The van der Waals surface area contributed by atoms with Crippen LogP contribution in [0, 0.1) is 13.8 Å². The third-order valence-electron chi connectivity index (χ3n) is 4.51. The Labute approximate surface area is 177 Å². The number of hydrogen-bond donors (Lipinski definition) is 0. The highest BCUT2D eigenvalue weighted by Crippen LogP contribution is 2.38. The van der Waals surface area contributed by atoms with E-state index in [1.165, 1.54) is 22.9 Å². The molecule has 1 amide bonds. The molecular formula is C21H21BrN2O3S. The number of rotatable bonds is 4. The van der Waals surface area contributed by atoms with Crippen LogP contribution in [-0.2, 0) is 4.79 Å². The van der Waals surface area contributed by atoms with Crippen molar-refractivity contribution in [1.29, 1.82) is 0 Å². The lowest BCUT2D eigenvalue weighted by molar-refractivity contribution is -0.121. The number of hydrogen-bond acceptors (Lipinski definition) is 5. The zero-order valence-corrected chi connectivity index (χ0v) is 18.8. The molecule has 0 aliphatic carbocycles. The maximum absolute atomic E-state index is 12.7. The second kappa shape index (κ2) is 8.41. The maximum Gasteiger partial charge on any atom is 0.266 e. The number of methoxy groups -OCH3 is 2. The van der Waals surface area contributed by atoms with Gasteiger partial charge in [0.2, 0.25) is 0 Å². The van der Waals surface area contributed by atoms with Gasteiger partial charge in [0.25, 0.3) is 5.91 Å². The number of aryl methyl sites for hydroxylation is 2. The molecule has 0 aromatic heterocycles. The fourth-order valence-corrected chi connectivity index (χ4v) is 4.20. The largest absolute Gasteiger partial charge is 0.496 e. The fraction of sp³-hybridized carbons (Fsp3) is 0.238. The van der Waals surface area contributed by atoms with Gasteiger partial charge in [-0.1, -0.05) is 6.07 Å². The highest BCUT2D eigenvalue weighted by molar-refractivity contribution is 9.10. The number of carbonyl (C=O) groups excluding carboxylic acids is 1. The Kier molecular flexibility index (Phi) is 6.15. The highest BCUT2D eigenvalue weighted by Gasteiger charge is 2.30. The van der Waals surface area contributed by atoms with E-state index < -0.39 is 0 Å². The predicted molar refractivity (Wildman–Crippen MR) is 119 cm³/mol. The molecule has 28 heavy (non-hydrogen) atoms. The Morgan fingerprint density at radius 3 is 2.43 bits per heavy atom. The van der Waals surface area contributed by atoms with E-state index in [0.717, 1.165) is 15.7 Å². The van der Waals surface area contributed by atoms with E-state index in [2.05, 4.69) is 34.8 Å². The first kappa shape index (κ1) is 20.5. The molecule has 5 nitrogen and oxygen atoms in total. The summed E-state index contributed by atoms with van der Waals surface area (Å²) in [6.07, 6.45) is 1.81. The lowest BCUT2D eigenvalue weighted by Crippen LogP contribution is -2.23. The number of thioether (sulfide) groups is 1. The van der Waals surface area contributed by atoms with Crippen LogP contribution < -0.4 is 9.47 Å². The molecule has 146 valence electrons. The van der Waals surface area contributed by atoms with Crippen LogP contribution in [0.25, 0.3) is 6.08 Å². The average Bonchev–Trinajstić information content (AvgIpc) is 2.93. The first-order chi connectivity index (χ1) is 13.3. The molecule has 0 saturated carbocycles. The van der Waals surface area contributed by atoms with Crippen molar-refractivity contribution in [2.75, 3.05) is 21.3 Å². The first-order valence-electron chi connectivity index (χ1n) is 8.59. The van der Waals surface area contributed by atoms with Crippen LogP contribution in [0.5, 0.6) is 11.5 Å². The minimum absolute atomic E-state index is 0.0958. The summed E-state index contributed by atoms with van der Waals surface area (Å²) in [5.41, 5.74) is 4.00. The minimum atomic E-state index is -0.0958. The molecule has 0 unspecified atom stereocenters. The molecule has 0 N–H and O–H groups in total. The van der Waals surface area contributed by atoms with E-state index in [1.807, 2.05) is 30.3 Å². The lowest BCUT2D eigenvalue weighted by atomic mass is 10.1. The Morgan fingerprint density at radius 1 is 1.07 bits per heavy atom. The molecular weight excluding hydrogens is 440 g/mol. The Bertz CT molecular complexity index is 1000. The monoisotopic (exact) mass is 460 g/mol. The number of benzene rings is 2. The summed E-state index contributed by atoms with van der Waals surface area (Å²) in [5, 5.41) is 0.644. The molecule has 1 saturated heterocycles. The summed E-state index contributed by atoms with van der Waals surface area (Å²) in [5.74, 6) is 1.20. The van der Waals surface area contributed by atoms with Crippen LogP contribution in [0.15, 0.2) is 44.7 Å². The highest BCUT2D eigenvalue weighted by atomic mass is 79.9. The van der Waals surface area contributed by atoms with Gasteiger partial charge in [0, 0.05) is 18.7 Å². The Hall–Kier alpha value is -2.25. The fourth-order valence-electron chi connectivity index (χ4n) is 2.69. The van der Waals surface area contributed by atoms with Gasteiger partial charge in [-0.3, -0.25) is 9.69 Å². The maximum atomic E-state index is 12.7. The zero-order valence-electron chi connectivity index (χ0n) is 16.4. The van der Waals surface area contributed by atoms with Crippen LogP contribution in [0.2, 0.25) is 0 Å². The van der Waals surface area contributed by atoms with Gasteiger partial charge in [0.05, 0.1) is 29.3 Å². The van der Waals surface area contributed by atoms with Crippen molar-refractivity contribution in [3.8, 4) is 11.5 Å². The second-order valence-corrected chi connectivity index (χ2v) is 8.23. The van der Waals surface area contributed by atoms with Crippen molar-refractivity contribution in [1.82, 2.24) is 4.90 Å². The molecule has 2 aromatic rings. The average molecular weight is 461 g/mol. The third-order valence-corrected chi connectivity index (χ3v) is 6.19. The minimum Gasteiger partial charge on any atom is -0.496 e. The van der Waals surface area contributed by atoms with Crippen LogP contribution in [0.4, 0.5) is 5.69 Å². The molecule has 1 heterocycles. The molecule has 0 spiro atoms. The van der Waals surface area contributed by atoms with Gasteiger partial charge in [-0.2, -0.15) is 0 Å². The molecule has 1 aliphatic rings. The van der Waals surface area contributed by atoms with Crippen LogP contribution in [-0.4, -0.2) is 37.2 Å². The normalized spacial score (nSPS) is 16.9. The van der Waals surface area contributed by atoms with Gasteiger partial charge in [-0.25, -0.2) is 4.99 Å². The summed E-state index contributed by atoms with van der Waals surface area (Å²) < 4.78 is 11.5. The van der Waals surface area contributed by atoms with Gasteiger partial charge >= 0.3 is 0 Å². The number of amides is 1. The van der Waals surface area contributed by atoms with Gasteiger partial charge in [-0.05, 0) is 76.9 Å². The van der Waals surface area contributed by atoms with Crippen molar-refractivity contribution >= 4 is 50.5 Å². The standard InChI is InChI=1S/C21H21BrN2O3S/c1-12-6-7-15(8-13(12)2)23-21-24(3)20(25)19(28-21)10-14-9-16(22)18(27-5)11-17(14)26-4/h6-11H,1-5H3/b19-10+,23-21?. The summed E-state index contributed by atoms with van der Waals surface area (Å²) in [7, 11) is 4.92. The topological polar surface area (TPSA) is 51.1 Å². The molecule has 0 bridgehead atoms. The number of aliphatic imine (C=N–C) groups is 1. The quantitative estimate of drug-likeness (QED) is 0.579. The summed E-state index contributed by atoms with van der Waals surface area (Å²) in [4.78, 5) is 19.5. The number of carbonyl (C=O) groups is 1. The Morgan fingerprint density at radius 2 is 1.79 bits per heavy atom. The van der Waals surface area contributed by atoms with E-state index >= 15 is 0 Å². The first-order valence-corrected chi connectivity index (χ1v) is 10.2. The number of halogens is 1. The molecule has 0 atom stereocenters. The van der Waals surface area contributed by atoms with Gasteiger partial charge in [-0.15, -0.1) is 0 Å². The molecule has 3 rings (SSSR count). The van der Waals surface area contributed by atoms with E-state index in [4.69, 9.17) is 9.47 Å². The van der Waals surface area contributed by atoms with Gasteiger partial charge < -0.3 is 9.47 Å². The van der Waals surface area contributed by atoms with Gasteiger partial charge in [0.15, 0.2) is 5.17 Å². The van der Waals surface area contributed by atoms with E-state index in [-0.39, 0.29) is 5.91 Å². The van der Waals surface area contributed by atoms with E-state index in [0.29, 0.717) is 21.6 Å². The lowest BCUT2D eigenvalue weighted by Gasteiger charge is -2.10. The number of nitrogens with zero attached hydrogens (tertiary/aromatic N) is 2. The van der Waals surface area contributed by atoms with Crippen LogP contribution in [0.1, 0.15) is 16.7 Å². The second-order valence-electron chi connectivity index (χ2n) is 6.37.